The van der Waals surface area contributed by atoms with E-state index in [0.29, 0.717) is 18.7 Å². The van der Waals surface area contributed by atoms with Crippen LogP contribution in [-0.2, 0) is 24.2 Å². The van der Waals surface area contributed by atoms with Crippen molar-refractivity contribution in [1.29, 1.82) is 0 Å². The number of carbonyl (C=O) groups is 2. The zero-order chi connectivity index (χ0) is 20.2. The van der Waals surface area contributed by atoms with Crippen molar-refractivity contribution in [2.45, 2.75) is 26.4 Å². The number of hydrogen-bond donors (Lipinski definition) is 1. The lowest BCUT2D eigenvalue weighted by Crippen LogP contribution is -2.15. The molecule has 0 aliphatic heterocycles. The molecule has 0 aliphatic carbocycles. The summed E-state index contributed by atoms with van der Waals surface area (Å²) in [7, 11) is 0. The fourth-order valence-electron chi connectivity index (χ4n) is 3.26. The Balaban J connectivity index is 1.37. The van der Waals surface area contributed by atoms with Crippen molar-refractivity contribution in [2.24, 2.45) is 0 Å². The quantitative estimate of drug-likeness (QED) is 0.368. The van der Waals surface area contributed by atoms with Crippen LogP contribution in [0.3, 0.4) is 0 Å². The Morgan fingerprint density at radius 3 is 2.76 bits per heavy atom. The number of carbonyl (C=O) groups excluding carboxylic acids is 2. The summed E-state index contributed by atoms with van der Waals surface area (Å²) in [5.41, 5.74) is 2.78. The van der Waals surface area contributed by atoms with E-state index in [4.69, 9.17) is 4.74 Å². The summed E-state index contributed by atoms with van der Waals surface area (Å²) >= 11 is 0. The molecule has 29 heavy (non-hydrogen) atoms. The van der Waals surface area contributed by atoms with Gasteiger partial charge < -0.3 is 9.72 Å². The monoisotopic (exact) mass is 391 g/mol. The summed E-state index contributed by atoms with van der Waals surface area (Å²) < 4.78 is 8.61. The van der Waals surface area contributed by atoms with Crippen LogP contribution in [0.2, 0.25) is 0 Å². The normalized spacial score (nSPS) is 11.1. The molecule has 1 N–H and O–H groups in total. The van der Waals surface area contributed by atoms with Crippen LogP contribution >= 0.6 is 0 Å². The summed E-state index contributed by atoms with van der Waals surface area (Å²) in [5.74, 6) is -0.874. The van der Waals surface area contributed by atoms with Crippen LogP contribution in [0.1, 0.15) is 33.3 Å². The zero-order valence-electron chi connectivity index (χ0n) is 16.0. The second-order valence-corrected chi connectivity index (χ2v) is 6.63. The van der Waals surface area contributed by atoms with Crippen LogP contribution in [0.25, 0.3) is 10.9 Å². The molecule has 0 saturated carbocycles. The molecular weight excluding hydrogens is 370 g/mol. The average Bonchev–Trinajstić information content (AvgIpc) is 3.50. The summed E-state index contributed by atoms with van der Waals surface area (Å²) in [4.78, 5) is 28.0. The molecule has 0 fully saturated rings. The molecule has 0 amide bonds. The van der Waals surface area contributed by atoms with E-state index in [1.165, 1.54) is 0 Å². The lowest BCUT2D eigenvalue weighted by Gasteiger charge is -2.04. The van der Waals surface area contributed by atoms with Crippen LogP contribution in [0.4, 0.5) is 0 Å². The van der Waals surface area contributed by atoms with Crippen LogP contribution in [0, 0.1) is 0 Å². The first-order valence-corrected chi connectivity index (χ1v) is 9.46. The average molecular weight is 391 g/mol. The number of para-hydroxylation sites is 1. The van der Waals surface area contributed by atoms with Gasteiger partial charge in [0, 0.05) is 41.3 Å². The van der Waals surface area contributed by atoms with Gasteiger partial charge in [-0.05, 0) is 24.1 Å². The fraction of sp³-hybridized carbons (Fsp3) is 0.238. The Labute approximate surface area is 167 Å². The summed E-state index contributed by atoms with van der Waals surface area (Å²) in [6.45, 7) is 2.94. The molecule has 4 rings (SSSR count). The number of aromatic nitrogens is 5. The van der Waals surface area contributed by atoms with E-state index in [2.05, 4.69) is 22.1 Å². The predicted octanol–water partition coefficient (Wildman–Crippen LogP) is 2.86. The first-order valence-electron chi connectivity index (χ1n) is 9.46. The molecule has 0 bridgehead atoms. The largest absolute Gasteiger partial charge is 0.453 e. The van der Waals surface area contributed by atoms with Gasteiger partial charge in [-0.25, -0.2) is 4.79 Å². The number of Topliss-reactive ketones (excluding diaryl/α,β-unsaturated/α-hetero) is 1. The molecular formula is C21H21N5O3. The molecule has 148 valence electrons. The standard InChI is InChI=1S/C21H21N5O3/c1-2-15-5-3-6-16-17(13-22-20(15)16)19(27)14-29-21(28)18-7-10-26(24-18)12-11-25-9-4-8-23-25/h3-10,13,22H,2,11-12,14H2,1H3. The van der Waals surface area contributed by atoms with Gasteiger partial charge in [0.2, 0.25) is 5.78 Å². The number of aromatic amines is 1. The van der Waals surface area contributed by atoms with Crippen molar-refractivity contribution in [3.05, 3.63) is 71.9 Å². The number of ether oxygens (including phenoxy) is 1. The maximum atomic E-state index is 12.6. The van der Waals surface area contributed by atoms with Crippen molar-refractivity contribution in [3.63, 3.8) is 0 Å². The van der Waals surface area contributed by atoms with E-state index < -0.39 is 5.97 Å². The third kappa shape index (κ3) is 3.96. The van der Waals surface area contributed by atoms with E-state index in [1.54, 1.807) is 34.0 Å². The minimum Gasteiger partial charge on any atom is -0.453 e. The number of nitrogens with zero attached hydrogens (tertiary/aromatic N) is 4. The SMILES string of the molecule is CCc1cccc2c(C(=O)COC(=O)c3ccn(CCn4cccn4)n3)c[nH]c12. The zero-order valence-corrected chi connectivity index (χ0v) is 16.0. The van der Waals surface area contributed by atoms with Crippen LogP contribution in [-0.4, -0.2) is 42.9 Å². The topological polar surface area (TPSA) is 94.8 Å². The first-order chi connectivity index (χ1) is 14.2. The van der Waals surface area contributed by atoms with Crippen molar-refractivity contribution >= 4 is 22.7 Å². The molecule has 3 aromatic heterocycles. The number of fused-ring (bicyclic) bond motifs is 1. The first kappa shape index (κ1) is 18.7. The van der Waals surface area contributed by atoms with Gasteiger partial charge >= 0.3 is 5.97 Å². The van der Waals surface area contributed by atoms with E-state index in [0.717, 1.165) is 22.9 Å². The molecule has 3 heterocycles. The highest BCUT2D eigenvalue weighted by Gasteiger charge is 2.17. The lowest BCUT2D eigenvalue weighted by atomic mass is 10.1. The Kier molecular flexibility index (Phi) is 5.24. The van der Waals surface area contributed by atoms with Gasteiger partial charge in [-0.15, -0.1) is 0 Å². The third-order valence-electron chi connectivity index (χ3n) is 4.78. The van der Waals surface area contributed by atoms with Gasteiger partial charge in [-0.1, -0.05) is 25.1 Å². The Morgan fingerprint density at radius 1 is 1.10 bits per heavy atom. The third-order valence-corrected chi connectivity index (χ3v) is 4.78. The number of ketones is 1. The van der Waals surface area contributed by atoms with Crippen molar-refractivity contribution in [3.8, 4) is 0 Å². The van der Waals surface area contributed by atoms with E-state index in [1.807, 2.05) is 30.5 Å². The molecule has 1 aromatic carbocycles. The second-order valence-electron chi connectivity index (χ2n) is 6.63. The van der Waals surface area contributed by atoms with E-state index >= 15 is 0 Å². The molecule has 4 aromatic rings. The lowest BCUT2D eigenvalue weighted by molar-refractivity contribution is 0.0468. The Hall–Kier alpha value is -3.68. The minimum absolute atomic E-state index is 0.172. The second kappa shape index (κ2) is 8.14. The molecule has 0 spiro atoms. The van der Waals surface area contributed by atoms with Gasteiger partial charge in [0.25, 0.3) is 0 Å². The summed E-state index contributed by atoms with van der Waals surface area (Å²) in [5, 5.41) is 9.17. The highest BCUT2D eigenvalue weighted by atomic mass is 16.5. The number of rotatable bonds is 8. The van der Waals surface area contributed by atoms with Crippen molar-refractivity contribution in [1.82, 2.24) is 24.5 Å². The van der Waals surface area contributed by atoms with Gasteiger partial charge in [-0.3, -0.25) is 14.2 Å². The fourth-order valence-corrected chi connectivity index (χ4v) is 3.26. The Morgan fingerprint density at radius 2 is 1.97 bits per heavy atom. The number of nitrogens with one attached hydrogen (secondary N) is 1. The summed E-state index contributed by atoms with van der Waals surface area (Å²) in [6, 6.07) is 9.26. The highest BCUT2D eigenvalue weighted by Crippen LogP contribution is 2.22. The number of esters is 1. The van der Waals surface area contributed by atoms with Gasteiger partial charge in [0.1, 0.15) is 0 Å². The van der Waals surface area contributed by atoms with Gasteiger partial charge in [0.15, 0.2) is 12.3 Å². The number of aryl methyl sites for hydroxylation is 3. The van der Waals surface area contributed by atoms with E-state index in [-0.39, 0.29) is 18.1 Å². The van der Waals surface area contributed by atoms with Crippen molar-refractivity contribution in [2.75, 3.05) is 6.61 Å². The highest BCUT2D eigenvalue weighted by molar-refractivity contribution is 6.09. The molecule has 0 radical (unpaired) electrons. The Bertz CT molecular complexity index is 1140. The van der Waals surface area contributed by atoms with Crippen LogP contribution in [0.5, 0.6) is 0 Å². The summed E-state index contributed by atoms with van der Waals surface area (Å²) in [6.07, 6.45) is 7.81. The number of H-pyrrole nitrogens is 1. The van der Waals surface area contributed by atoms with Gasteiger partial charge in [-0.2, -0.15) is 10.2 Å². The van der Waals surface area contributed by atoms with Gasteiger partial charge in [0.05, 0.1) is 13.1 Å². The maximum absolute atomic E-state index is 12.6. The minimum atomic E-state index is -0.620. The molecule has 8 nitrogen and oxygen atoms in total. The molecule has 0 aliphatic rings. The van der Waals surface area contributed by atoms with Crippen LogP contribution in [0.15, 0.2) is 55.1 Å². The predicted molar refractivity (Wildman–Crippen MR) is 107 cm³/mol. The number of hydrogen-bond acceptors (Lipinski definition) is 5. The molecule has 8 heteroatoms. The van der Waals surface area contributed by atoms with Crippen LogP contribution < -0.4 is 0 Å². The van der Waals surface area contributed by atoms with E-state index in [9.17, 15) is 9.59 Å². The molecule has 0 unspecified atom stereocenters. The number of benzene rings is 1. The maximum Gasteiger partial charge on any atom is 0.359 e. The smallest absolute Gasteiger partial charge is 0.359 e. The van der Waals surface area contributed by atoms with Crippen molar-refractivity contribution < 1.29 is 14.3 Å². The molecule has 0 saturated heterocycles. The molecule has 0 atom stereocenters.